The summed E-state index contributed by atoms with van der Waals surface area (Å²) in [5.41, 5.74) is 0.305. The Hall–Kier alpha value is -2.77. The van der Waals surface area contributed by atoms with Gasteiger partial charge in [-0.25, -0.2) is 13.8 Å². The molecule has 0 aliphatic carbocycles. The molecule has 0 radical (unpaired) electrons. The fourth-order valence-electron chi connectivity index (χ4n) is 3.14. The quantitative estimate of drug-likeness (QED) is 0.678. The molecule has 1 fully saturated rings. The average molecular weight is 419 g/mol. The Morgan fingerprint density at radius 2 is 2.07 bits per heavy atom. The van der Waals surface area contributed by atoms with E-state index in [0.29, 0.717) is 29.1 Å². The number of nitrogens with one attached hydrogen (secondary N) is 1. The number of nitrogens with zero attached hydrogens (tertiary/aromatic N) is 1. The third-order valence-electron chi connectivity index (χ3n) is 4.60. The van der Waals surface area contributed by atoms with E-state index in [1.807, 2.05) is 0 Å². The number of halogens is 3. The predicted molar refractivity (Wildman–Crippen MR) is 104 cm³/mol. The van der Waals surface area contributed by atoms with Gasteiger partial charge in [0, 0.05) is 29.6 Å². The molecule has 1 aliphatic heterocycles. The highest BCUT2D eigenvalue weighted by molar-refractivity contribution is 6.31. The van der Waals surface area contributed by atoms with Crippen LogP contribution in [0.2, 0.25) is 5.02 Å². The van der Waals surface area contributed by atoms with Crippen molar-refractivity contribution < 1.29 is 22.7 Å². The molecule has 1 N–H and O–H groups in total. The average Bonchev–Trinajstić information content (AvgIpc) is 3.21. The minimum absolute atomic E-state index is 0.0410. The van der Waals surface area contributed by atoms with Gasteiger partial charge < -0.3 is 14.5 Å². The number of rotatable bonds is 4. The van der Waals surface area contributed by atoms with E-state index in [1.54, 1.807) is 24.3 Å². The number of carbonyl (C=O) groups is 1. The fourth-order valence-corrected chi connectivity index (χ4v) is 3.32. The zero-order valence-electron chi connectivity index (χ0n) is 15.3. The van der Waals surface area contributed by atoms with Gasteiger partial charge in [0.05, 0.1) is 6.10 Å². The van der Waals surface area contributed by atoms with Crippen LogP contribution < -0.4 is 10.9 Å². The number of hydrogen-bond acceptors (Lipinski definition) is 4. The Kier molecular flexibility index (Phi) is 5.60. The Balaban J connectivity index is 1.78. The largest absolute Gasteiger partial charge is 0.438 e. The zero-order valence-corrected chi connectivity index (χ0v) is 16.0. The van der Waals surface area contributed by atoms with E-state index in [4.69, 9.17) is 20.8 Å². The molecule has 1 amide bonds. The highest BCUT2D eigenvalue weighted by atomic mass is 35.5. The minimum Gasteiger partial charge on any atom is -0.438 e. The molecule has 0 spiro atoms. The van der Waals surface area contributed by atoms with Crippen molar-refractivity contribution >= 4 is 34.2 Å². The van der Waals surface area contributed by atoms with Crippen molar-refractivity contribution in [3.05, 3.63) is 70.2 Å². The third kappa shape index (κ3) is 4.46. The van der Waals surface area contributed by atoms with Crippen molar-refractivity contribution in [3.63, 3.8) is 0 Å². The molecule has 0 bridgehead atoms. The third-order valence-corrected chi connectivity index (χ3v) is 4.83. The van der Waals surface area contributed by atoms with Crippen LogP contribution in [-0.2, 0) is 4.74 Å². The molecule has 1 unspecified atom stereocenters. The van der Waals surface area contributed by atoms with Crippen LogP contribution in [0.3, 0.4) is 0 Å². The van der Waals surface area contributed by atoms with Crippen molar-refractivity contribution in [3.8, 4) is 0 Å². The standard InChI is InChI=1S/C21H17ClF2N2O3/c22-13-3-6-19-12(8-13)9-16(20(27)25-11-15-2-1-7-28-15)21(29-19)26-18-5-4-14(23)10-17(18)24/h3-6,8-10,15H,1-2,7,11H2,(H,25,27). The smallest absolute Gasteiger partial charge is 0.256 e. The van der Waals surface area contributed by atoms with Crippen LogP contribution in [0, 0.1) is 11.6 Å². The van der Waals surface area contributed by atoms with Gasteiger partial charge in [0.25, 0.3) is 5.91 Å². The van der Waals surface area contributed by atoms with Gasteiger partial charge in [0.15, 0.2) is 5.82 Å². The fraction of sp³-hybridized carbons (Fsp3) is 0.238. The van der Waals surface area contributed by atoms with E-state index in [1.165, 1.54) is 6.07 Å². The van der Waals surface area contributed by atoms with Gasteiger partial charge in [-0.1, -0.05) is 11.6 Å². The molecule has 1 atom stereocenters. The summed E-state index contributed by atoms with van der Waals surface area (Å²) >= 11 is 6.04. The van der Waals surface area contributed by atoms with E-state index in [0.717, 1.165) is 25.0 Å². The molecule has 4 rings (SSSR count). The number of amides is 1. The second-order valence-corrected chi connectivity index (χ2v) is 7.14. The van der Waals surface area contributed by atoms with Gasteiger partial charge in [-0.3, -0.25) is 4.79 Å². The summed E-state index contributed by atoms with van der Waals surface area (Å²) in [6.45, 7) is 1.02. The van der Waals surface area contributed by atoms with Gasteiger partial charge in [-0.05, 0) is 49.2 Å². The lowest BCUT2D eigenvalue weighted by Gasteiger charge is -2.11. The first kappa shape index (κ1) is 19.5. The molecule has 2 heterocycles. The van der Waals surface area contributed by atoms with Crippen molar-refractivity contribution in [2.45, 2.75) is 18.9 Å². The molecule has 5 nitrogen and oxygen atoms in total. The summed E-state index contributed by atoms with van der Waals surface area (Å²) in [4.78, 5) is 16.9. The molecule has 3 aromatic rings. The van der Waals surface area contributed by atoms with Crippen LogP contribution in [0.1, 0.15) is 23.2 Å². The van der Waals surface area contributed by atoms with Crippen LogP contribution in [0.5, 0.6) is 0 Å². The van der Waals surface area contributed by atoms with Crippen LogP contribution in [0.4, 0.5) is 14.5 Å². The Morgan fingerprint density at radius 1 is 1.21 bits per heavy atom. The number of hydrogen-bond donors (Lipinski definition) is 1. The van der Waals surface area contributed by atoms with Crippen LogP contribution in [-0.4, -0.2) is 25.2 Å². The molecule has 1 aromatic heterocycles. The van der Waals surface area contributed by atoms with Gasteiger partial charge >= 0.3 is 0 Å². The normalized spacial score (nSPS) is 17.1. The van der Waals surface area contributed by atoms with Gasteiger partial charge in [0.1, 0.15) is 22.7 Å². The van der Waals surface area contributed by atoms with E-state index < -0.39 is 17.5 Å². The lowest BCUT2D eigenvalue weighted by Crippen LogP contribution is -2.34. The molecular formula is C21H17ClF2N2O3. The predicted octanol–water partition coefficient (Wildman–Crippen LogP) is 4.51. The van der Waals surface area contributed by atoms with Crippen LogP contribution in [0.15, 0.2) is 51.9 Å². The number of ether oxygens (including phenoxy) is 1. The molecule has 0 saturated carbocycles. The number of fused-ring (bicyclic) bond motifs is 1. The highest BCUT2D eigenvalue weighted by Gasteiger charge is 2.19. The summed E-state index contributed by atoms with van der Waals surface area (Å²) in [7, 11) is 0. The van der Waals surface area contributed by atoms with Crippen molar-refractivity contribution in [2.24, 2.45) is 4.99 Å². The van der Waals surface area contributed by atoms with Gasteiger partial charge in [-0.2, -0.15) is 0 Å². The summed E-state index contributed by atoms with van der Waals surface area (Å²) in [5, 5.41) is 3.87. The van der Waals surface area contributed by atoms with Crippen molar-refractivity contribution in [1.29, 1.82) is 0 Å². The summed E-state index contributed by atoms with van der Waals surface area (Å²) in [6.07, 6.45) is 1.78. The Bertz CT molecular complexity index is 1140. The minimum atomic E-state index is -0.859. The maximum atomic E-state index is 14.1. The van der Waals surface area contributed by atoms with E-state index in [2.05, 4.69) is 10.3 Å². The van der Waals surface area contributed by atoms with Crippen molar-refractivity contribution in [2.75, 3.05) is 13.2 Å². The molecule has 1 aliphatic rings. The van der Waals surface area contributed by atoms with Gasteiger partial charge in [0.2, 0.25) is 5.55 Å². The topological polar surface area (TPSA) is 63.8 Å². The van der Waals surface area contributed by atoms with Crippen LogP contribution in [0.25, 0.3) is 11.0 Å². The lowest BCUT2D eigenvalue weighted by molar-refractivity contribution is 0.0854. The highest BCUT2D eigenvalue weighted by Crippen LogP contribution is 2.21. The molecule has 8 heteroatoms. The maximum Gasteiger partial charge on any atom is 0.256 e. The second-order valence-electron chi connectivity index (χ2n) is 6.70. The lowest BCUT2D eigenvalue weighted by atomic mass is 10.1. The number of carbonyl (C=O) groups excluding carboxylic acids is 1. The SMILES string of the molecule is O=C(NCC1CCCO1)c1cc2cc(Cl)ccc2oc1=Nc1ccc(F)cc1F. The Morgan fingerprint density at radius 3 is 2.83 bits per heavy atom. The number of benzene rings is 2. The maximum absolute atomic E-state index is 14.1. The molecule has 2 aromatic carbocycles. The molecule has 150 valence electrons. The van der Waals surface area contributed by atoms with E-state index in [-0.39, 0.29) is 22.9 Å². The molecular weight excluding hydrogens is 402 g/mol. The van der Waals surface area contributed by atoms with Crippen LogP contribution >= 0.6 is 11.6 Å². The van der Waals surface area contributed by atoms with E-state index in [9.17, 15) is 13.6 Å². The van der Waals surface area contributed by atoms with Crippen molar-refractivity contribution in [1.82, 2.24) is 5.32 Å². The first-order chi connectivity index (χ1) is 14.0. The van der Waals surface area contributed by atoms with Gasteiger partial charge in [-0.15, -0.1) is 0 Å². The Labute approximate surface area is 170 Å². The molecule has 1 saturated heterocycles. The van der Waals surface area contributed by atoms with E-state index >= 15 is 0 Å². The summed E-state index contributed by atoms with van der Waals surface area (Å²) in [5.74, 6) is -2.02. The summed E-state index contributed by atoms with van der Waals surface area (Å²) in [6, 6.07) is 9.48. The first-order valence-corrected chi connectivity index (χ1v) is 9.50. The zero-order chi connectivity index (χ0) is 20.4. The summed E-state index contributed by atoms with van der Waals surface area (Å²) < 4.78 is 38.5. The first-order valence-electron chi connectivity index (χ1n) is 9.12. The monoisotopic (exact) mass is 418 g/mol. The second kappa shape index (κ2) is 8.31. The molecule has 29 heavy (non-hydrogen) atoms.